The van der Waals surface area contributed by atoms with Crippen molar-refractivity contribution in [3.8, 4) is 0 Å². The van der Waals surface area contributed by atoms with Crippen LogP contribution in [-0.2, 0) is 0 Å². The first kappa shape index (κ1) is 12.7. The highest BCUT2D eigenvalue weighted by Crippen LogP contribution is 2.29. The maximum atomic E-state index is 6.09. The predicted molar refractivity (Wildman–Crippen MR) is 77.5 cm³/mol. The van der Waals surface area contributed by atoms with Crippen LogP contribution in [0.4, 0.5) is 11.4 Å². The Balaban J connectivity index is 2.23. The summed E-state index contributed by atoms with van der Waals surface area (Å²) in [5, 5.41) is 0. The van der Waals surface area contributed by atoms with Crippen LogP contribution in [0.25, 0.3) is 0 Å². The summed E-state index contributed by atoms with van der Waals surface area (Å²) in [6, 6.07) is 7.25. The number of rotatable bonds is 1. The van der Waals surface area contributed by atoms with Crippen LogP contribution < -0.4 is 10.6 Å². The van der Waals surface area contributed by atoms with Gasteiger partial charge in [0.15, 0.2) is 0 Å². The lowest BCUT2D eigenvalue weighted by molar-refractivity contribution is 0.170. The van der Waals surface area contributed by atoms with E-state index in [0.717, 1.165) is 28.9 Å². The summed E-state index contributed by atoms with van der Waals surface area (Å²) in [6.07, 6.45) is 0. The standard InChI is InChI=1S/C13H20BrN3/c1-9-7-17(8-10(2)16(9)3)13-5-4-11(14)6-12(13)15/h4-6,9-10H,7-8,15H2,1-3H3/t9-,10+. The zero-order valence-corrected chi connectivity index (χ0v) is 12.2. The van der Waals surface area contributed by atoms with Gasteiger partial charge in [0, 0.05) is 29.6 Å². The molecule has 0 aromatic heterocycles. The third kappa shape index (κ3) is 2.58. The van der Waals surface area contributed by atoms with Gasteiger partial charge in [0.2, 0.25) is 0 Å². The van der Waals surface area contributed by atoms with Crippen LogP contribution in [0.1, 0.15) is 13.8 Å². The van der Waals surface area contributed by atoms with Crippen LogP contribution in [0, 0.1) is 0 Å². The third-order valence-electron chi connectivity index (χ3n) is 3.69. The largest absolute Gasteiger partial charge is 0.397 e. The first-order valence-electron chi connectivity index (χ1n) is 6.01. The van der Waals surface area contributed by atoms with E-state index < -0.39 is 0 Å². The van der Waals surface area contributed by atoms with Crippen molar-refractivity contribution in [3.05, 3.63) is 22.7 Å². The molecule has 1 aliphatic heterocycles. The molecule has 0 bridgehead atoms. The maximum absolute atomic E-state index is 6.09. The predicted octanol–water partition coefficient (Wildman–Crippen LogP) is 2.56. The number of hydrogen-bond donors (Lipinski definition) is 1. The van der Waals surface area contributed by atoms with E-state index in [1.807, 2.05) is 6.07 Å². The number of benzene rings is 1. The van der Waals surface area contributed by atoms with Crippen molar-refractivity contribution in [2.45, 2.75) is 25.9 Å². The van der Waals surface area contributed by atoms with E-state index in [1.165, 1.54) is 0 Å². The molecule has 1 saturated heterocycles. The zero-order chi connectivity index (χ0) is 12.6. The number of piperazine rings is 1. The van der Waals surface area contributed by atoms with Crippen LogP contribution >= 0.6 is 15.9 Å². The zero-order valence-electron chi connectivity index (χ0n) is 10.7. The van der Waals surface area contributed by atoms with Crippen molar-refractivity contribution < 1.29 is 0 Å². The fourth-order valence-corrected chi connectivity index (χ4v) is 2.79. The summed E-state index contributed by atoms with van der Waals surface area (Å²) in [4.78, 5) is 4.81. The molecule has 2 rings (SSSR count). The van der Waals surface area contributed by atoms with Gasteiger partial charge in [-0.05, 0) is 39.1 Å². The summed E-state index contributed by atoms with van der Waals surface area (Å²) >= 11 is 3.45. The first-order valence-corrected chi connectivity index (χ1v) is 6.80. The van der Waals surface area contributed by atoms with Gasteiger partial charge >= 0.3 is 0 Å². The molecule has 0 unspecified atom stereocenters. The second-order valence-corrected chi connectivity index (χ2v) is 5.89. The lowest BCUT2D eigenvalue weighted by Crippen LogP contribution is -2.55. The number of nitrogens with two attached hydrogens (primary N) is 1. The topological polar surface area (TPSA) is 32.5 Å². The van der Waals surface area contributed by atoms with Gasteiger partial charge in [0.05, 0.1) is 11.4 Å². The normalized spacial score (nSPS) is 26.2. The Morgan fingerprint density at radius 3 is 2.35 bits per heavy atom. The van der Waals surface area contributed by atoms with E-state index in [4.69, 9.17) is 5.73 Å². The maximum Gasteiger partial charge on any atom is 0.0601 e. The second kappa shape index (κ2) is 4.86. The fraction of sp³-hybridized carbons (Fsp3) is 0.538. The molecule has 4 heteroatoms. The molecule has 3 nitrogen and oxygen atoms in total. The highest BCUT2D eigenvalue weighted by Gasteiger charge is 2.27. The molecule has 0 aliphatic carbocycles. The number of nitrogen functional groups attached to an aromatic ring is 1. The molecule has 0 saturated carbocycles. The molecule has 1 aromatic carbocycles. The van der Waals surface area contributed by atoms with Crippen molar-refractivity contribution in [3.63, 3.8) is 0 Å². The van der Waals surface area contributed by atoms with Gasteiger partial charge in [-0.3, -0.25) is 4.90 Å². The molecule has 94 valence electrons. The molecule has 1 heterocycles. The van der Waals surface area contributed by atoms with Gasteiger partial charge in [-0.1, -0.05) is 15.9 Å². The smallest absolute Gasteiger partial charge is 0.0601 e. The summed E-state index contributed by atoms with van der Waals surface area (Å²) in [6.45, 7) is 6.59. The van der Waals surface area contributed by atoms with E-state index in [0.29, 0.717) is 12.1 Å². The Morgan fingerprint density at radius 1 is 1.24 bits per heavy atom. The Morgan fingerprint density at radius 2 is 1.82 bits per heavy atom. The van der Waals surface area contributed by atoms with Gasteiger partial charge in [-0.25, -0.2) is 0 Å². The molecular formula is C13H20BrN3. The van der Waals surface area contributed by atoms with Crippen LogP contribution in [0.15, 0.2) is 22.7 Å². The number of likely N-dealkylation sites (N-methyl/N-ethyl adjacent to an activating group) is 1. The van der Waals surface area contributed by atoms with Crippen molar-refractivity contribution in [2.75, 3.05) is 30.8 Å². The number of hydrogen-bond acceptors (Lipinski definition) is 3. The van der Waals surface area contributed by atoms with E-state index in [2.05, 4.69) is 58.8 Å². The molecule has 0 amide bonds. The minimum Gasteiger partial charge on any atom is -0.397 e. The van der Waals surface area contributed by atoms with Crippen LogP contribution in [0.3, 0.4) is 0 Å². The molecule has 2 atom stereocenters. The van der Waals surface area contributed by atoms with E-state index >= 15 is 0 Å². The highest BCUT2D eigenvalue weighted by molar-refractivity contribution is 9.10. The Hall–Kier alpha value is -0.740. The lowest BCUT2D eigenvalue weighted by atomic mass is 10.1. The Bertz CT molecular complexity index is 396. The molecule has 1 aromatic rings. The van der Waals surface area contributed by atoms with Gasteiger partial charge < -0.3 is 10.6 Å². The van der Waals surface area contributed by atoms with Crippen LogP contribution in [0.2, 0.25) is 0 Å². The quantitative estimate of drug-likeness (QED) is 0.809. The Labute approximate surface area is 112 Å². The van der Waals surface area contributed by atoms with Crippen molar-refractivity contribution in [1.82, 2.24) is 4.90 Å². The van der Waals surface area contributed by atoms with Crippen molar-refractivity contribution in [2.24, 2.45) is 0 Å². The summed E-state index contributed by atoms with van der Waals surface area (Å²) in [5.74, 6) is 0. The average Bonchev–Trinajstić information content (AvgIpc) is 2.25. The number of halogens is 1. The van der Waals surface area contributed by atoms with Crippen molar-refractivity contribution in [1.29, 1.82) is 0 Å². The summed E-state index contributed by atoms with van der Waals surface area (Å²) in [7, 11) is 2.19. The van der Waals surface area contributed by atoms with Gasteiger partial charge in [-0.2, -0.15) is 0 Å². The number of anilines is 2. The highest BCUT2D eigenvalue weighted by atomic mass is 79.9. The fourth-order valence-electron chi connectivity index (χ4n) is 2.41. The monoisotopic (exact) mass is 297 g/mol. The molecule has 2 N–H and O–H groups in total. The molecule has 1 aliphatic rings. The van der Waals surface area contributed by atoms with Crippen molar-refractivity contribution >= 4 is 27.3 Å². The van der Waals surface area contributed by atoms with Gasteiger partial charge in [-0.15, -0.1) is 0 Å². The first-order chi connectivity index (χ1) is 7.99. The average molecular weight is 298 g/mol. The summed E-state index contributed by atoms with van der Waals surface area (Å²) < 4.78 is 1.04. The SMILES string of the molecule is C[C@@H]1CN(c2ccc(Br)cc2N)C[C@H](C)N1C. The third-order valence-corrected chi connectivity index (χ3v) is 4.18. The molecule has 1 fully saturated rings. The second-order valence-electron chi connectivity index (χ2n) is 4.97. The van der Waals surface area contributed by atoms with Crippen LogP contribution in [0.5, 0.6) is 0 Å². The Kier molecular flexibility index (Phi) is 3.64. The summed E-state index contributed by atoms with van der Waals surface area (Å²) in [5.41, 5.74) is 8.10. The lowest BCUT2D eigenvalue weighted by Gasteiger charge is -2.43. The van der Waals surface area contributed by atoms with E-state index in [9.17, 15) is 0 Å². The van der Waals surface area contributed by atoms with E-state index in [-0.39, 0.29) is 0 Å². The molecule has 17 heavy (non-hydrogen) atoms. The van der Waals surface area contributed by atoms with Crippen LogP contribution in [-0.4, -0.2) is 37.1 Å². The minimum atomic E-state index is 0.557. The minimum absolute atomic E-state index is 0.557. The van der Waals surface area contributed by atoms with Gasteiger partial charge in [0.1, 0.15) is 0 Å². The molecule has 0 radical (unpaired) electrons. The molecular weight excluding hydrogens is 278 g/mol. The molecule has 0 spiro atoms. The van der Waals surface area contributed by atoms with E-state index in [1.54, 1.807) is 0 Å². The number of nitrogens with zero attached hydrogens (tertiary/aromatic N) is 2. The van der Waals surface area contributed by atoms with Gasteiger partial charge in [0.25, 0.3) is 0 Å².